The van der Waals surface area contributed by atoms with Crippen molar-refractivity contribution in [3.63, 3.8) is 0 Å². The molecule has 0 atom stereocenters. The summed E-state index contributed by atoms with van der Waals surface area (Å²) >= 11 is 12.5. The van der Waals surface area contributed by atoms with Crippen LogP contribution in [0.5, 0.6) is 0 Å². The Morgan fingerprint density at radius 2 is 1.68 bits per heavy atom. The normalized spacial score (nSPS) is 18.6. The lowest BCUT2D eigenvalue weighted by Gasteiger charge is -2.34. The fraction of sp³-hybridized carbons (Fsp3) is 0.588. The Morgan fingerprint density at radius 1 is 1.12 bits per heavy atom. The Bertz CT molecular complexity index is 646. The van der Waals surface area contributed by atoms with E-state index in [1.54, 1.807) is 0 Å². The van der Waals surface area contributed by atoms with E-state index in [0.717, 1.165) is 51.9 Å². The second-order valence-corrected chi connectivity index (χ2v) is 7.55. The summed E-state index contributed by atoms with van der Waals surface area (Å²) in [5, 5.41) is 11.5. The summed E-state index contributed by atoms with van der Waals surface area (Å²) in [5.74, 6) is 0.641. The molecular formula is C17H21Cl2N3O3. The minimum atomic E-state index is -0.502. The van der Waals surface area contributed by atoms with Gasteiger partial charge in [-0.15, -0.1) is 0 Å². The molecular weight excluding hydrogens is 365 g/mol. The average molecular weight is 386 g/mol. The fourth-order valence-corrected chi connectivity index (χ4v) is 4.38. The van der Waals surface area contributed by atoms with E-state index in [9.17, 15) is 14.9 Å². The summed E-state index contributed by atoms with van der Waals surface area (Å²) in [6.07, 6.45) is 4.62. The number of benzene rings is 1. The van der Waals surface area contributed by atoms with Crippen LogP contribution in [-0.2, 0) is 4.79 Å². The highest BCUT2D eigenvalue weighted by molar-refractivity contribution is 6.39. The summed E-state index contributed by atoms with van der Waals surface area (Å²) in [6.45, 7) is 3.28. The largest absolute Gasteiger partial charge is 0.369 e. The zero-order valence-electron chi connectivity index (χ0n) is 13.9. The Balaban J connectivity index is 1.60. The molecule has 0 N–H and O–H groups in total. The Morgan fingerprint density at radius 3 is 2.20 bits per heavy atom. The van der Waals surface area contributed by atoms with Crippen molar-refractivity contribution in [2.75, 3.05) is 31.1 Å². The van der Waals surface area contributed by atoms with Gasteiger partial charge in [-0.05, 0) is 31.6 Å². The molecule has 2 heterocycles. The molecule has 1 aromatic carbocycles. The van der Waals surface area contributed by atoms with E-state index < -0.39 is 4.92 Å². The lowest BCUT2D eigenvalue weighted by atomic mass is 9.92. The van der Waals surface area contributed by atoms with Gasteiger partial charge in [0, 0.05) is 44.7 Å². The molecule has 136 valence electrons. The molecule has 25 heavy (non-hydrogen) atoms. The Kier molecular flexibility index (Phi) is 5.69. The van der Waals surface area contributed by atoms with Crippen molar-refractivity contribution in [3.8, 4) is 0 Å². The number of nitro groups is 1. The van der Waals surface area contributed by atoms with Gasteiger partial charge in [0.15, 0.2) is 0 Å². The minimum absolute atomic E-state index is 0.107. The van der Waals surface area contributed by atoms with Crippen molar-refractivity contribution < 1.29 is 9.72 Å². The molecule has 2 fully saturated rings. The van der Waals surface area contributed by atoms with E-state index in [4.69, 9.17) is 23.2 Å². The third-order valence-corrected chi connectivity index (χ3v) is 5.64. The number of likely N-dealkylation sites (tertiary alicyclic amines) is 1. The molecule has 0 bridgehead atoms. The molecule has 1 amide bonds. The van der Waals surface area contributed by atoms with E-state index in [0.29, 0.717) is 28.1 Å². The molecule has 2 aliphatic heterocycles. The lowest BCUT2D eigenvalue weighted by molar-refractivity contribution is -0.384. The number of nitrogens with zero attached hydrogens (tertiary/aromatic N) is 3. The van der Waals surface area contributed by atoms with Crippen molar-refractivity contribution in [1.29, 1.82) is 0 Å². The topological polar surface area (TPSA) is 66.7 Å². The summed E-state index contributed by atoms with van der Waals surface area (Å²) in [5.41, 5.74) is 0.545. The molecule has 0 unspecified atom stereocenters. The number of hydrogen-bond donors (Lipinski definition) is 0. The average Bonchev–Trinajstić information content (AvgIpc) is 3.10. The lowest BCUT2D eigenvalue weighted by Crippen LogP contribution is -2.37. The van der Waals surface area contributed by atoms with E-state index >= 15 is 0 Å². The van der Waals surface area contributed by atoms with E-state index in [1.165, 1.54) is 12.1 Å². The monoisotopic (exact) mass is 385 g/mol. The highest BCUT2D eigenvalue weighted by atomic mass is 35.5. The van der Waals surface area contributed by atoms with Crippen LogP contribution in [-0.4, -0.2) is 41.9 Å². The first-order valence-electron chi connectivity index (χ1n) is 8.62. The molecule has 0 aliphatic carbocycles. The van der Waals surface area contributed by atoms with Crippen LogP contribution in [0.1, 0.15) is 32.1 Å². The fourth-order valence-electron chi connectivity index (χ4n) is 3.66. The number of carbonyl (C=O) groups is 1. The molecule has 1 aromatic rings. The van der Waals surface area contributed by atoms with Crippen LogP contribution < -0.4 is 4.90 Å². The predicted octanol–water partition coefficient (Wildman–Crippen LogP) is 4.13. The number of amides is 1. The maximum atomic E-state index is 12.3. The predicted molar refractivity (Wildman–Crippen MR) is 98.5 cm³/mol. The molecule has 2 aliphatic rings. The van der Waals surface area contributed by atoms with Crippen LogP contribution in [0.2, 0.25) is 10.0 Å². The van der Waals surface area contributed by atoms with Crippen LogP contribution in [0.4, 0.5) is 11.4 Å². The van der Waals surface area contributed by atoms with Gasteiger partial charge >= 0.3 is 0 Å². The van der Waals surface area contributed by atoms with Gasteiger partial charge in [-0.3, -0.25) is 14.9 Å². The van der Waals surface area contributed by atoms with Crippen molar-refractivity contribution in [2.24, 2.45) is 5.92 Å². The Labute approximate surface area is 156 Å². The van der Waals surface area contributed by atoms with Crippen molar-refractivity contribution in [2.45, 2.75) is 32.1 Å². The first-order valence-corrected chi connectivity index (χ1v) is 9.37. The highest BCUT2D eigenvalue weighted by Crippen LogP contribution is 2.39. The molecule has 6 nitrogen and oxygen atoms in total. The molecule has 0 spiro atoms. The van der Waals surface area contributed by atoms with E-state index in [-0.39, 0.29) is 11.6 Å². The van der Waals surface area contributed by atoms with Gasteiger partial charge in [0.2, 0.25) is 5.91 Å². The number of rotatable bonds is 4. The van der Waals surface area contributed by atoms with Gasteiger partial charge in [-0.2, -0.15) is 0 Å². The minimum Gasteiger partial charge on any atom is -0.369 e. The summed E-state index contributed by atoms with van der Waals surface area (Å²) < 4.78 is 0. The summed E-state index contributed by atoms with van der Waals surface area (Å²) in [4.78, 5) is 26.7. The number of nitro benzene ring substituents is 1. The second kappa shape index (κ2) is 7.79. The summed E-state index contributed by atoms with van der Waals surface area (Å²) in [7, 11) is 0. The molecule has 3 rings (SSSR count). The van der Waals surface area contributed by atoms with Crippen molar-refractivity contribution in [3.05, 3.63) is 32.3 Å². The standard InChI is InChI=1S/C17H21Cl2N3O3/c18-14-10-13(22(24)25)11-15(19)17(14)21-7-3-12(4-8-21)9-16(23)20-5-1-2-6-20/h10-12H,1-9H2. The third-order valence-electron chi connectivity index (χ3n) is 5.07. The quantitative estimate of drug-likeness (QED) is 0.577. The Hall–Kier alpha value is -1.53. The van der Waals surface area contributed by atoms with E-state index in [1.807, 2.05) is 4.90 Å². The van der Waals surface area contributed by atoms with Gasteiger partial charge in [-0.25, -0.2) is 0 Å². The highest BCUT2D eigenvalue weighted by Gasteiger charge is 2.27. The van der Waals surface area contributed by atoms with Crippen LogP contribution >= 0.6 is 23.2 Å². The van der Waals surface area contributed by atoms with Gasteiger partial charge in [0.25, 0.3) is 5.69 Å². The van der Waals surface area contributed by atoms with Crippen LogP contribution in [0.25, 0.3) is 0 Å². The number of hydrogen-bond acceptors (Lipinski definition) is 4. The van der Waals surface area contributed by atoms with Crippen LogP contribution in [0.15, 0.2) is 12.1 Å². The smallest absolute Gasteiger partial charge is 0.272 e. The van der Waals surface area contributed by atoms with Gasteiger partial charge in [0.1, 0.15) is 0 Å². The van der Waals surface area contributed by atoms with Crippen LogP contribution in [0, 0.1) is 16.0 Å². The van der Waals surface area contributed by atoms with Gasteiger partial charge in [-0.1, -0.05) is 23.2 Å². The number of non-ortho nitro benzene ring substituents is 1. The molecule has 0 saturated carbocycles. The maximum absolute atomic E-state index is 12.3. The maximum Gasteiger partial charge on any atom is 0.272 e. The van der Waals surface area contributed by atoms with Crippen molar-refractivity contribution in [1.82, 2.24) is 4.90 Å². The van der Waals surface area contributed by atoms with Gasteiger partial charge < -0.3 is 9.80 Å². The van der Waals surface area contributed by atoms with Crippen LogP contribution in [0.3, 0.4) is 0 Å². The first-order chi connectivity index (χ1) is 12.0. The molecule has 0 aromatic heterocycles. The zero-order valence-corrected chi connectivity index (χ0v) is 15.4. The number of piperidine rings is 1. The number of anilines is 1. The molecule has 0 radical (unpaired) electrons. The summed E-state index contributed by atoms with van der Waals surface area (Å²) in [6, 6.07) is 2.68. The first kappa shape index (κ1) is 18.3. The zero-order chi connectivity index (χ0) is 18.0. The molecule has 8 heteroatoms. The third kappa shape index (κ3) is 4.18. The second-order valence-electron chi connectivity index (χ2n) is 6.74. The van der Waals surface area contributed by atoms with Crippen molar-refractivity contribution >= 4 is 40.5 Å². The number of halogens is 2. The van der Waals surface area contributed by atoms with E-state index in [2.05, 4.69) is 4.90 Å². The molecule has 2 saturated heterocycles. The SMILES string of the molecule is O=C(CC1CCN(c2c(Cl)cc([N+](=O)[O-])cc2Cl)CC1)N1CCCC1. The number of carbonyl (C=O) groups excluding carboxylic acids is 1. The van der Waals surface area contributed by atoms with Gasteiger partial charge in [0.05, 0.1) is 20.7 Å².